The molecule has 1 fully saturated rings. The Balaban J connectivity index is 0.000000382. The molecule has 242 valence electrons. The number of aryl methyl sites for hydroxylation is 1. The fraction of sp³-hybridized carbons (Fsp3) is 0.400. The third-order valence-electron chi connectivity index (χ3n) is 6.51. The van der Waals surface area contributed by atoms with Crippen molar-refractivity contribution in [3.63, 3.8) is 0 Å². The lowest BCUT2D eigenvalue weighted by atomic mass is 9.92. The number of alkyl carbamates (subject to hydrolysis) is 1. The molecule has 4 amide bonds. The van der Waals surface area contributed by atoms with Crippen LogP contribution in [0.15, 0.2) is 72.8 Å². The first-order valence-corrected chi connectivity index (χ1v) is 15.3. The highest BCUT2D eigenvalue weighted by Gasteiger charge is 2.26. The summed E-state index contributed by atoms with van der Waals surface area (Å²) in [7, 11) is 0. The van der Waals surface area contributed by atoms with Crippen LogP contribution in [0.2, 0.25) is 0 Å². The normalized spacial score (nSPS) is 14.3. The second-order valence-electron chi connectivity index (χ2n) is 11.4. The standard InChI is InChI=1S/C20H26N4O6.C11H10.C4H10/c25-12-16(9-15-7-4-8-21-19(15)28)24-18(27)11-22-17(26)10-23-20(29)30-13-14-5-2-1-3-6-14;1-9-5-4-7-10-6-2-3-8-11(9)10;1-4(2)3/h1-3,5-6,12,15-16H,4,7-11,13H2,(H,21,28)(H,22,26)(H,23,29)(H,24,27);2-8H,1H3;4H,1-3H3. The van der Waals surface area contributed by atoms with E-state index >= 15 is 0 Å². The number of carbonyl (C=O) groups is 5. The van der Waals surface area contributed by atoms with E-state index < -0.39 is 23.9 Å². The number of hydrogen-bond donors (Lipinski definition) is 4. The predicted molar refractivity (Wildman–Crippen MR) is 175 cm³/mol. The Kier molecular flexibility index (Phi) is 16.4. The van der Waals surface area contributed by atoms with Crippen molar-refractivity contribution in [3.8, 4) is 0 Å². The van der Waals surface area contributed by atoms with Crippen molar-refractivity contribution in [1.29, 1.82) is 0 Å². The highest BCUT2D eigenvalue weighted by atomic mass is 16.5. The van der Waals surface area contributed by atoms with E-state index in [0.29, 0.717) is 19.3 Å². The molecule has 1 aliphatic heterocycles. The number of benzene rings is 3. The fourth-order valence-corrected chi connectivity index (χ4v) is 4.33. The summed E-state index contributed by atoms with van der Waals surface area (Å²) >= 11 is 0. The van der Waals surface area contributed by atoms with Gasteiger partial charge in [0.15, 0.2) is 0 Å². The van der Waals surface area contributed by atoms with Crippen LogP contribution in [-0.2, 0) is 30.5 Å². The molecule has 10 nitrogen and oxygen atoms in total. The summed E-state index contributed by atoms with van der Waals surface area (Å²) in [6.07, 6.45) is 1.52. The molecular formula is C35H46N4O6. The summed E-state index contributed by atoms with van der Waals surface area (Å²) in [6.45, 7) is 8.61. The molecule has 0 saturated carbocycles. The zero-order valence-electron chi connectivity index (χ0n) is 26.6. The van der Waals surface area contributed by atoms with Gasteiger partial charge in [0.05, 0.1) is 12.6 Å². The van der Waals surface area contributed by atoms with E-state index in [1.807, 2.05) is 18.2 Å². The van der Waals surface area contributed by atoms with Gasteiger partial charge >= 0.3 is 6.09 Å². The lowest BCUT2D eigenvalue weighted by molar-refractivity contribution is -0.129. The summed E-state index contributed by atoms with van der Waals surface area (Å²) in [5, 5.41) is 12.5. The van der Waals surface area contributed by atoms with Crippen molar-refractivity contribution in [3.05, 3.63) is 83.9 Å². The van der Waals surface area contributed by atoms with Crippen LogP contribution in [-0.4, -0.2) is 55.8 Å². The molecule has 0 radical (unpaired) electrons. The van der Waals surface area contributed by atoms with E-state index in [0.717, 1.165) is 17.9 Å². The lowest BCUT2D eigenvalue weighted by Gasteiger charge is -2.24. The van der Waals surface area contributed by atoms with E-state index in [1.165, 1.54) is 16.3 Å². The highest BCUT2D eigenvalue weighted by Crippen LogP contribution is 2.17. The average Bonchev–Trinajstić information content (AvgIpc) is 3.03. The summed E-state index contributed by atoms with van der Waals surface area (Å²) in [4.78, 5) is 58.3. The first-order chi connectivity index (χ1) is 21.6. The van der Waals surface area contributed by atoms with Crippen LogP contribution in [0.1, 0.15) is 51.2 Å². The fourth-order valence-electron chi connectivity index (χ4n) is 4.33. The Morgan fingerprint density at radius 1 is 0.911 bits per heavy atom. The molecule has 4 N–H and O–H groups in total. The summed E-state index contributed by atoms with van der Waals surface area (Å²) in [6, 6.07) is 23.1. The predicted octanol–water partition coefficient (Wildman–Crippen LogP) is 4.44. The molecule has 1 aliphatic rings. The number of nitrogens with one attached hydrogen (secondary N) is 4. The number of rotatable bonds is 10. The van der Waals surface area contributed by atoms with Gasteiger partial charge in [0.25, 0.3) is 0 Å². The molecule has 4 rings (SSSR count). The van der Waals surface area contributed by atoms with Crippen LogP contribution in [0.5, 0.6) is 0 Å². The first kappa shape index (κ1) is 36.5. The van der Waals surface area contributed by atoms with Crippen molar-refractivity contribution < 1.29 is 28.7 Å². The molecule has 0 aromatic heterocycles. The molecule has 2 atom stereocenters. The number of amides is 4. The van der Waals surface area contributed by atoms with Gasteiger partial charge in [-0.25, -0.2) is 4.79 Å². The molecule has 45 heavy (non-hydrogen) atoms. The van der Waals surface area contributed by atoms with Crippen LogP contribution in [0.3, 0.4) is 0 Å². The Hall–Kier alpha value is -4.73. The second-order valence-corrected chi connectivity index (χ2v) is 11.4. The van der Waals surface area contributed by atoms with Crippen molar-refractivity contribution in [2.24, 2.45) is 11.8 Å². The molecule has 3 aromatic rings. The number of aldehydes is 1. The minimum Gasteiger partial charge on any atom is -0.445 e. The van der Waals surface area contributed by atoms with Crippen LogP contribution >= 0.6 is 0 Å². The van der Waals surface area contributed by atoms with Gasteiger partial charge in [-0.05, 0) is 54.0 Å². The Morgan fingerprint density at radius 3 is 2.22 bits per heavy atom. The highest BCUT2D eigenvalue weighted by molar-refractivity contribution is 5.88. The van der Waals surface area contributed by atoms with Gasteiger partial charge in [-0.3, -0.25) is 14.4 Å². The van der Waals surface area contributed by atoms with E-state index in [-0.39, 0.29) is 37.9 Å². The van der Waals surface area contributed by atoms with Crippen molar-refractivity contribution in [2.75, 3.05) is 19.6 Å². The van der Waals surface area contributed by atoms with Gasteiger partial charge in [-0.2, -0.15) is 0 Å². The second kappa shape index (κ2) is 20.3. The minimum atomic E-state index is -0.811. The van der Waals surface area contributed by atoms with Gasteiger partial charge in [-0.15, -0.1) is 0 Å². The van der Waals surface area contributed by atoms with Gasteiger partial charge in [0.1, 0.15) is 19.4 Å². The smallest absolute Gasteiger partial charge is 0.407 e. The van der Waals surface area contributed by atoms with Gasteiger partial charge < -0.3 is 30.8 Å². The number of hydrogen-bond acceptors (Lipinski definition) is 6. The molecule has 3 aromatic carbocycles. The lowest BCUT2D eigenvalue weighted by Crippen LogP contribution is -2.47. The molecular weight excluding hydrogens is 572 g/mol. The monoisotopic (exact) mass is 618 g/mol. The van der Waals surface area contributed by atoms with E-state index in [1.54, 1.807) is 12.1 Å². The number of carbonyl (C=O) groups excluding carboxylic acids is 5. The SMILES string of the molecule is CC(C)C.Cc1cccc2ccccc12.O=CC(CC1CCCNC1=O)NC(=O)CNC(=O)CNC(=O)OCc1ccccc1. The van der Waals surface area contributed by atoms with Crippen LogP contribution < -0.4 is 21.3 Å². The van der Waals surface area contributed by atoms with E-state index in [2.05, 4.69) is 91.4 Å². The largest absolute Gasteiger partial charge is 0.445 e. The minimum absolute atomic E-state index is 0.0722. The van der Waals surface area contributed by atoms with Crippen LogP contribution in [0.25, 0.3) is 10.8 Å². The van der Waals surface area contributed by atoms with E-state index in [4.69, 9.17) is 4.74 Å². The summed E-state index contributed by atoms with van der Waals surface area (Å²) < 4.78 is 4.97. The Labute approximate surface area is 265 Å². The van der Waals surface area contributed by atoms with Crippen LogP contribution in [0, 0.1) is 18.8 Å². The first-order valence-electron chi connectivity index (χ1n) is 15.3. The zero-order valence-corrected chi connectivity index (χ0v) is 26.6. The molecule has 0 bridgehead atoms. The van der Waals surface area contributed by atoms with E-state index in [9.17, 15) is 24.0 Å². The van der Waals surface area contributed by atoms with Crippen molar-refractivity contribution >= 4 is 40.9 Å². The van der Waals surface area contributed by atoms with Gasteiger partial charge in [0, 0.05) is 12.5 Å². The van der Waals surface area contributed by atoms with Crippen molar-refractivity contribution in [2.45, 2.75) is 59.6 Å². The quantitative estimate of drug-likeness (QED) is 0.248. The third-order valence-corrected chi connectivity index (χ3v) is 6.51. The Morgan fingerprint density at radius 2 is 1.56 bits per heavy atom. The maximum atomic E-state index is 11.9. The van der Waals surface area contributed by atoms with Gasteiger partial charge in [-0.1, -0.05) is 93.6 Å². The Bertz CT molecular complexity index is 1370. The molecule has 1 saturated heterocycles. The molecule has 2 unspecified atom stereocenters. The summed E-state index contributed by atoms with van der Waals surface area (Å²) in [5.41, 5.74) is 2.16. The third kappa shape index (κ3) is 15.0. The number of ether oxygens (including phenoxy) is 1. The topological polar surface area (TPSA) is 143 Å². The maximum absolute atomic E-state index is 11.9. The molecule has 1 heterocycles. The average molecular weight is 619 g/mol. The summed E-state index contributed by atoms with van der Waals surface area (Å²) in [5.74, 6) is -0.768. The zero-order chi connectivity index (χ0) is 33.0. The van der Waals surface area contributed by atoms with Crippen molar-refractivity contribution in [1.82, 2.24) is 21.3 Å². The van der Waals surface area contributed by atoms with Crippen LogP contribution in [0.4, 0.5) is 4.79 Å². The maximum Gasteiger partial charge on any atom is 0.407 e. The molecule has 0 aliphatic carbocycles. The number of fused-ring (bicyclic) bond motifs is 1. The molecule has 10 heteroatoms. The number of piperidine rings is 1. The van der Waals surface area contributed by atoms with Gasteiger partial charge in [0.2, 0.25) is 17.7 Å². The molecule has 0 spiro atoms.